The van der Waals surface area contributed by atoms with Gasteiger partial charge < -0.3 is 0 Å². The summed E-state index contributed by atoms with van der Waals surface area (Å²) < 4.78 is 0. The SMILES string of the molecule is Cc1ccc(C2=NN[C@]3(CCCC[C@H]3C)S2)cc1. The van der Waals surface area contributed by atoms with E-state index in [4.69, 9.17) is 0 Å². The average molecular weight is 260 g/mol. The summed E-state index contributed by atoms with van der Waals surface area (Å²) in [6.07, 6.45) is 5.24. The molecule has 0 unspecified atom stereocenters. The molecule has 2 aliphatic rings. The fourth-order valence-electron chi connectivity index (χ4n) is 2.82. The largest absolute Gasteiger partial charge is 0.292 e. The van der Waals surface area contributed by atoms with Crippen LogP contribution in [0.3, 0.4) is 0 Å². The maximum Gasteiger partial charge on any atom is 0.126 e. The minimum absolute atomic E-state index is 0.165. The molecule has 18 heavy (non-hydrogen) atoms. The number of thioether (sulfide) groups is 1. The molecule has 0 amide bonds. The highest BCUT2D eigenvalue weighted by Crippen LogP contribution is 2.46. The summed E-state index contributed by atoms with van der Waals surface area (Å²) in [6.45, 7) is 4.48. The van der Waals surface area contributed by atoms with E-state index in [1.165, 1.54) is 36.8 Å². The number of benzene rings is 1. The Labute approximate surface area is 113 Å². The molecule has 0 bridgehead atoms. The summed E-state index contributed by atoms with van der Waals surface area (Å²) in [7, 11) is 0. The minimum Gasteiger partial charge on any atom is -0.292 e. The molecule has 1 fully saturated rings. The van der Waals surface area contributed by atoms with Crippen molar-refractivity contribution in [1.82, 2.24) is 5.43 Å². The average Bonchev–Trinajstić information content (AvgIpc) is 2.80. The van der Waals surface area contributed by atoms with Gasteiger partial charge in [0.05, 0.1) is 0 Å². The Balaban J connectivity index is 1.79. The van der Waals surface area contributed by atoms with E-state index in [0.717, 1.165) is 5.04 Å². The zero-order valence-corrected chi connectivity index (χ0v) is 11.9. The van der Waals surface area contributed by atoms with Crippen molar-refractivity contribution in [3.8, 4) is 0 Å². The van der Waals surface area contributed by atoms with Gasteiger partial charge in [0.15, 0.2) is 0 Å². The summed E-state index contributed by atoms with van der Waals surface area (Å²) in [6, 6.07) is 8.67. The molecule has 3 heteroatoms. The standard InChI is InChI=1S/C15H20N2S/c1-11-6-8-13(9-7-11)14-16-17-15(18-14)10-4-3-5-12(15)2/h6-9,12,17H,3-5,10H2,1-2H3/t12-,15-/m1/s1. The molecule has 0 radical (unpaired) electrons. The predicted molar refractivity (Wildman–Crippen MR) is 78.8 cm³/mol. The van der Waals surface area contributed by atoms with Gasteiger partial charge in [0.25, 0.3) is 0 Å². The molecule has 1 heterocycles. The van der Waals surface area contributed by atoms with Crippen LogP contribution in [-0.4, -0.2) is 9.91 Å². The maximum atomic E-state index is 4.59. The van der Waals surface area contributed by atoms with E-state index in [0.29, 0.717) is 5.92 Å². The number of hydrogen-bond donors (Lipinski definition) is 1. The van der Waals surface area contributed by atoms with E-state index < -0.39 is 0 Å². The predicted octanol–water partition coefficient (Wildman–Crippen LogP) is 3.90. The van der Waals surface area contributed by atoms with Gasteiger partial charge in [0.2, 0.25) is 0 Å². The summed E-state index contributed by atoms with van der Waals surface area (Å²) in [5, 5.41) is 5.75. The van der Waals surface area contributed by atoms with Crippen LogP contribution in [0.2, 0.25) is 0 Å². The first-order chi connectivity index (χ1) is 8.70. The lowest BCUT2D eigenvalue weighted by Crippen LogP contribution is -2.44. The lowest BCUT2D eigenvalue weighted by Gasteiger charge is -2.38. The van der Waals surface area contributed by atoms with Gasteiger partial charge in [-0.1, -0.05) is 61.4 Å². The quantitative estimate of drug-likeness (QED) is 0.828. The van der Waals surface area contributed by atoms with E-state index in [-0.39, 0.29) is 4.87 Å². The highest BCUT2D eigenvalue weighted by Gasteiger charge is 2.43. The van der Waals surface area contributed by atoms with Gasteiger partial charge in [0, 0.05) is 5.56 Å². The Hall–Kier alpha value is -0.960. The molecule has 1 aromatic rings. The lowest BCUT2D eigenvalue weighted by atomic mass is 9.85. The molecule has 1 aliphatic carbocycles. The molecule has 1 aromatic carbocycles. The number of nitrogens with one attached hydrogen (secondary N) is 1. The van der Waals surface area contributed by atoms with Crippen LogP contribution in [0.15, 0.2) is 29.4 Å². The number of aryl methyl sites for hydroxylation is 1. The molecule has 1 spiro atoms. The third kappa shape index (κ3) is 2.05. The molecule has 1 N–H and O–H groups in total. The van der Waals surface area contributed by atoms with Crippen LogP contribution in [0, 0.1) is 12.8 Å². The van der Waals surface area contributed by atoms with Crippen LogP contribution >= 0.6 is 11.8 Å². The Morgan fingerprint density at radius 3 is 2.78 bits per heavy atom. The van der Waals surface area contributed by atoms with E-state index in [1.54, 1.807) is 0 Å². The second-order valence-electron chi connectivity index (χ2n) is 5.53. The summed E-state index contributed by atoms with van der Waals surface area (Å²) in [4.78, 5) is 0.165. The van der Waals surface area contributed by atoms with Gasteiger partial charge in [0.1, 0.15) is 9.91 Å². The van der Waals surface area contributed by atoms with Gasteiger partial charge in [-0.2, -0.15) is 5.10 Å². The summed E-state index contributed by atoms with van der Waals surface area (Å²) in [5.41, 5.74) is 5.98. The van der Waals surface area contributed by atoms with Crippen LogP contribution in [0.25, 0.3) is 0 Å². The molecule has 0 saturated heterocycles. The van der Waals surface area contributed by atoms with Gasteiger partial charge >= 0.3 is 0 Å². The van der Waals surface area contributed by atoms with Crippen LogP contribution in [-0.2, 0) is 0 Å². The Morgan fingerprint density at radius 2 is 2.06 bits per heavy atom. The number of hydrazone groups is 1. The smallest absolute Gasteiger partial charge is 0.126 e. The molecule has 3 rings (SSSR count). The number of hydrogen-bond acceptors (Lipinski definition) is 3. The van der Waals surface area contributed by atoms with Crippen LogP contribution < -0.4 is 5.43 Å². The zero-order valence-electron chi connectivity index (χ0n) is 11.1. The molecule has 1 aliphatic heterocycles. The van der Waals surface area contributed by atoms with Gasteiger partial charge in [-0.15, -0.1) is 0 Å². The Bertz CT molecular complexity index is 466. The molecule has 0 aromatic heterocycles. The first kappa shape index (κ1) is 12.1. The van der Waals surface area contributed by atoms with Crippen molar-refractivity contribution in [2.45, 2.75) is 44.4 Å². The van der Waals surface area contributed by atoms with Crippen LogP contribution in [0.4, 0.5) is 0 Å². The second-order valence-corrected chi connectivity index (χ2v) is 6.85. The summed E-state index contributed by atoms with van der Waals surface area (Å²) >= 11 is 1.94. The van der Waals surface area contributed by atoms with Crippen molar-refractivity contribution in [2.24, 2.45) is 11.0 Å². The Morgan fingerprint density at radius 1 is 1.28 bits per heavy atom. The van der Waals surface area contributed by atoms with E-state index >= 15 is 0 Å². The first-order valence-corrected chi connectivity index (χ1v) is 7.62. The van der Waals surface area contributed by atoms with Crippen LogP contribution in [0.1, 0.15) is 43.7 Å². The van der Waals surface area contributed by atoms with Crippen molar-refractivity contribution in [3.05, 3.63) is 35.4 Å². The number of nitrogens with zero attached hydrogens (tertiary/aromatic N) is 1. The fourth-order valence-corrected chi connectivity index (χ4v) is 4.17. The van der Waals surface area contributed by atoms with Gasteiger partial charge in [-0.05, 0) is 25.7 Å². The third-order valence-electron chi connectivity index (χ3n) is 4.16. The van der Waals surface area contributed by atoms with E-state index in [1.807, 2.05) is 11.8 Å². The van der Waals surface area contributed by atoms with Crippen molar-refractivity contribution in [2.75, 3.05) is 0 Å². The van der Waals surface area contributed by atoms with Crippen molar-refractivity contribution >= 4 is 16.8 Å². The lowest BCUT2D eigenvalue weighted by molar-refractivity contribution is 0.257. The minimum atomic E-state index is 0.165. The molecule has 1 saturated carbocycles. The molecule has 2 atom stereocenters. The topological polar surface area (TPSA) is 24.4 Å². The maximum absolute atomic E-state index is 4.59. The zero-order chi connectivity index (χ0) is 12.6. The monoisotopic (exact) mass is 260 g/mol. The van der Waals surface area contributed by atoms with Gasteiger partial charge in [-0.25, -0.2) is 0 Å². The second kappa shape index (κ2) is 4.61. The molecule has 2 nitrogen and oxygen atoms in total. The highest BCUT2D eigenvalue weighted by atomic mass is 32.2. The van der Waals surface area contributed by atoms with Crippen molar-refractivity contribution < 1.29 is 0 Å². The number of rotatable bonds is 1. The van der Waals surface area contributed by atoms with Crippen molar-refractivity contribution in [1.29, 1.82) is 0 Å². The van der Waals surface area contributed by atoms with Gasteiger partial charge in [-0.3, -0.25) is 5.43 Å². The summed E-state index contributed by atoms with van der Waals surface area (Å²) in [5.74, 6) is 0.697. The van der Waals surface area contributed by atoms with Crippen LogP contribution in [0.5, 0.6) is 0 Å². The van der Waals surface area contributed by atoms with E-state index in [2.05, 4.69) is 48.6 Å². The normalized spacial score (nSPS) is 31.2. The molecular weight excluding hydrogens is 240 g/mol. The molecule has 96 valence electrons. The third-order valence-corrected chi connectivity index (χ3v) is 5.74. The highest BCUT2D eigenvalue weighted by molar-refractivity contribution is 8.15. The fraction of sp³-hybridized carbons (Fsp3) is 0.533. The molecular formula is C15H20N2S. The van der Waals surface area contributed by atoms with Crippen molar-refractivity contribution in [3.63, 3.8) is 0 Å². The first-order valence-electron chi connectivity index (χ1n) is 6.80. The van der Waals surface area contributed by atoms with E-state index in [9.17, 15) is 0 Å². The Kier molecular flexibility index (Phi) is 3.10.